The molecule has 0 amide bonds. The zero-order valence-electron chi connectivity index (χ0n) is 31.7. The summed E-state index contributed by atoms with van der Waals surface area (Å²) in [4.78, 5) is 85.1. The number of rotatable bonds is 11. The van der Waals surface area contributed by atoms with Crippen LogP contribution in [0.25, 0.3) is 0 Å². The summed E-state index contributed by atoms with van der Waals surface area (Å²) in [5.74, 6) is -8.18. The van der Waals surface area contributed by atoms with Gasteiger partial charge in [-0.15, -0.1) is 0 Å². The predicted octanol–water partition coefficient (Wildman–Crippen LogP) is 3.37. The van der Waals surface area contributed by atoms with Gasteiger partial charge in [-0.1, -0.05) is 27.7 Å². The summed E-state index contributed by atoms with van der Waals surface area (Å²) in [5, 5.41) is 12.9. The molecule has 2 bridgehead atoms. The van der Waals surface area contributed by atoms with Crippen molar-refractivity contribution in [1.29, 1.82) is 0 Å². The minimum atomic E-state index is -2.37. The molecular weight excluding hydrogens is 710 g/mol. The summed E-state index contributed by atoms with van der Waals surface area (Å²) < 4.78 is 48.8. The van der Waals surface area contributed by atoms with Crippen LogP contribution in [0.15, 0.2) is 47.3 Å². The molecule has 1 N–H and O–H groups in total. The minimum Gasteiger partial charge on any atom is -0.464 e. The van der Waals surface area contributed by atoms with Gasteiger partial charge in [0.25, 0.3) is 0 Å². The topological polar surface area (TPSA) is 213 Å². The molecule has 54 heavy (non-hydrogen) atoms. The Bertz CT molecular complexity index is 1750. The second-order valence-electron chi connectivity index (χ2n) is 15.4. The first-order chi connectivity index (χ1) is 25.2. The van der Waals surface area contributed by atoms with Crippen molar-refractivity contribution in [1.82, 2.24) is 4.98 Å². The lowest BCUT2D eigenvalue weighted by molar-refractivity contribution is -0.362. The Kier molecular flexibility index (Phi) is 11.0. The maximum Gasteiger partial charge on any atom is 0.374 e. The summed E-state index contributed by atoms with van der Waals surface area (Å²) in [6.45, 7) is 12.1. The number of furan rings is 1. The molecule has 1 spiro atoms. The summed E-state index contributed by atoms with van der Waals surface area (Å²) in [7, 11) is 0. The molecule has 3 fully saturated rings. The Labute approximate surface area is 312 Å². The third-order valence-corrected chi connectivity index (χ3v) is 10.4. The van der Waals surface area contributed by atoms with Gasteiger partial charge in [0.05, 0.1) is 40.8 Å². The number of hydrogen-bond donors (Lipinski definition) is 1. The first kappa shape index (κ1) is 40.4. The average Bonchev–Trinajstić information content (AvgIpc) is 3.69. The zero-order valence-corrected chi connectivity index (χ0v) is 31.7. The van der Waals surface area contributed by atoms with E-state index in [1.54, 1.807) is 41.5 Å². The SMILES string of the molecule is CC(=O)OC1C(OC(=O)c2ccco2)CC(C)(O)C23OC(C)(C)C(C(OC(=O)C(C)C)C(OC(=O)c4cccnc4)C12COC(=O)C(C)C)C3OC(C)=O. The van der Waals surface area contributed by atoms with E-state index in [9.17, 15) is 33.9 Å². The van der Waals surface area contributed by atoms with Crippen molar-refractivity contribution in [3.05, 3.63) is 54.2 Å². The molecule has 2 aromatic rings. The Morgan fingerprint density at radius 3 is 2.04 bits per heavy atom. The van der Waals surface area contributed by atoms with Crippen molar-refractivity contribution >= 4 is 35.8 Å². The van der Waals surface area contributed by atoms with Gasteiger partial charge in [0.15, 0.2) is 17.8 Å². The van der Waals surface area contributed by atoms with E-state index in [2.05, 4.69) is 4.98 Å². The fraction of sp³-hybridized carbons (Fsp3) is 0.605. The van der Waals surface area contributed by atoms with Crippen LogP contribution in [0.3, 0.4) is 0 Å². The lowest BCUT2D eigenvalue weighted by Gasteiger charge is -2.66. The molecule has 5 rings (SSSR count). The lowest BCUT2D eigenvalue weighted by atomic mass is 9.45. The molecule has 3 aliphatic rings. The molecule has 0 radical (unpaired) electrons. The quantitative estimate of drug-likeness (QED) is 0.257. The smallest absolute Gasteiger partial charge is 0.374 e. The Hall–Kier alpha value is -4.83. The van der Waals surface area contributed by atoms with E-state index in [-0.39, 0.29) is 11.3 Å². The highest BCUT2D eigenvalue weighted by molar-refractivity contribution is 5.89. The minimum absolute atomic E-state index is 0.0446. The third kappa shape index (κ3) is 6.85. The van der Waals surface area contributed by atoms with Gasteiger partial charge >= 0.3 is 35.8 Å². The first-order valence-corrected chi connectivity index (χ1v) is 17.7. The molecule has 2 saturated carbocycles. The molecule has 1 aliphatic heterocycles. The van der Waals surface area contributed by atoms with Crippen LogP contribution in [-0.2, 0) is 52.3 Å². The fourth-order valence-corrected chi connectivity index (χ4v) is 8.31. The van der Waals surface area contributed by atoms with Crippen LogP contribution < -0.4 is 0 Å². The maximum absolute atomic E-state index is 14.2. The number of aromatic nitrogens is 1. The van der Waals surface area contributed by atoms with E-state index in [1.165, 1.54) is 49.8 Å². The first-order valence-electron chi connectivity index (χ1n) is 17.7. The van der Waals surface area contributed by atoms with Crippen LogP contribution in [0.1, 0.15) is 89.6 Å². The van der Waals surface area contributed by atoms with Gasteiger partial charge in [-0.3, -0.25) is 24.2 Å². The number of hydrogen-bond acceptors (Lipinski definition) is 16. The van der Waals surface area contributed by atoms with Gasteiger partial charge in [-0.05, 0) is 45.0 Å². The van der Waals surface area contributed by atoms with Crippen LogP contribution in [0, 0.1) is 23.2 Å². The maximum atomic E-state index is 14.2. The van der Waals surface area contributed by atoms with Gasteiger partial charge < -0.3 is 42.7 Å². The van der Waals surface area contributed by atoms with Crippen LogP contribution in [0.4, 0.5) is 0 Å². The van der Waals surface area contributed by atoms with Crippen molar-refractivity contribution in [2.24, 2.45) is 23.2 Å². The lowest BCUT2D eigenvalue weighted by Crippen LogP contribution is -2.85. The number of ether oxygens (including phenoxy) is 7. The van der Waals surface area contributed by atoms with E-state index >= 15 is 0 Å². The second kappa shape index (κ2) is 14.8. The highest BCUT2D eigenvalue weighted by Crippen LogP contribution is 2.69. The van der Waals surface area contributed by atoms with Gasteiger partial charge in [0.1, 0.15) is 30.3 Å². The van der Waals surface area contributed by atoms with Crippen LogP contribution in [0.5, 0.6) is 0 Å². The van der Waals surface area contributed by atoms with Gasteiger partial charge in [0.2, 0.25) is 5.76 Å². The second-order valence-corrected chi connectivity index (χ2v) is 15.4. The van der Waals surface area contributed by atoms with Crippen molar-refractivity contribution < 1.29 is 71.4 Å². The summed E-state index contributed by atoms with van der Waals surface area (Å²) in [5.41, 5.74) is -8.45. The molecule has 2 aromatic heterocycles. The largest absolute Gasteiger partial charge is 0.464 e. The molecule has 294 valence electrons. The number of aliphatic hydroxyl groups is 1. The number of fused-ring (bicyclic) bond motifs is 1. The number of pyridine rings is 1. The fourth-order valence-electron chi connectivity index (χ4n) is 8.31. The monoisotopic (exact) mass is 757 g/mol. The van der Waals surface area contributed by atoms with Crippen molar-refractivity contribution in [3.8, 4) is 0 Å². The highest BCUT2D eigenvalue weighted by Gasteiger charge is 2.89. The van der Waals surface area contributed by atoms with E-state index in [1.807, 2.05) is 0 Å². The Morgan fingerprint density at radius 1 is 0.833 bits per heavy atom. The molecule has 16 nitrogen and oxygen atoms in total. The molecule has 16 heteroatoms. The Morgan fingerprint density at radius 2 is 1.48 bits per heavy atom. The molecule has 9 unspecified atom stereocenters. The summed E-state index contributed by atoms with van der Waals surface area (Å²) in [6, 6.07) is 5.68. The van der Waals surface area contributed by atoms with E-state index < -0.39 is 119 Å². The highest BCUT2D eigenvalue weighted by atomic mass is 16.7. The van der Waals surface area contributed by atoms with E-state index in [4.69, 9.17) is 37.6 Å². The normalized spacial score (nSPS) is 32.2. The standard InChI is InChI=1S/C38H47NO15/c1-19(2)31(42)48-18-37-28(49-21(5)40)25(51-34(45)24-13-11-15-47-24)16-36(9,46)38(37)29(50-22(6)41)26(35(7,8)54-38)27(52-32(43)20(3)4)30(37)53-33(44)23-12-10-14-39-17-23/h10-15,17,19-20,25-30,46H,16,18H2,1-9H3. The number of carbonyl (C=O) groups is 6. The van der Waals surface area contributed by atoms with Crippen LogP contribution in [-0.4, -0.2) is 99.8 Å². The van der Waals surface area contributed by atoms with Crippen molar-refractivity contribution in [2.75, 3.05) is 6.61 Å². The number of esters is 6. The number of carbonyl (C=O) groups excluding carboxylic acids is 6. The third-order valence-electron chi connectivity index (χ3n) is 10.4. The van der Waals surface area contributed by atoms with Crippen molar-refractivity contribution in [2.45, 2.75) is 116 Å². The zero-order chi connectivity index (χ0) is 40.0. The summed E-state index contributed by atoms with van der Waals surface area (Å²) in [6.07, 6.45) is -5.00. The van der Waals surface area contributed by atoms with Crippen molar-refractivity contribution in [3.63, 3.8) is 0 Å². The van der Waals surface area contributed by atoms with Crippen LogP contribution in [0.2, 0.25) is 0 Å². The molecule has 3 heterocycles. The van der Waals surface area contributed by atoms with E-state index in [0.717, 1.165) is 13.8 Å². The van der Waals surface area contributed by atoms with Crippen LogP contribution >= 0.6 is 0 Å². The van der Waals surface area contributed by atoms with Gasteiger partial charge in [-0.2, -0.15) is 0 Å². The molecule has 0 aromatic carbocycles. The average molecular weight is 758 g/mol. The van der Waals surface area contributed by atoms with E-state index in [0.29, 0.717) is 0 Å². The Balaban J connectivity index is 1.90. The molecule has 2 aliphatic carbocycles. The van der Waals surface area contributed by atoms with Gasteiger partial charge in [-0.25, -0.2) is 9.59 Å². The molecular formula is C38H47NO15. The number of nitrogens with zero attached hydrogens (tertiary/aromatic N) is 1. The molecule has 1 saturated heterocycles. The van der Waals surface area contributed by atoms with Gasteiger partial charge in [0, 0.05) is 32.7 Å². The molecule has 9 atom stereocenters. The predicted molar refractivity (Wildman–Crippen MR) is 182 cm³/mol. The summed E-state index contributed by atoms with van der Waals surface area (Å²) >= 11 is 0.